The Hall–Kier alpha value is 0.00494. The fraction of sp³-hybridized carbons (Fsp3) is 0. The van der Waals surface area contributed by atoms with Gasteiger partial charge in [-0.05, 0) is 10.8 Å². The first-order valence-electron chi connectivity index (χ1n) is 2.30. The fourth-order valence-corrected chi connectivity index (χ4v) is 2.33. The maximum atomic E-state index is 10.6. The van der Waals surface area contributed by atoms with E-state index in [-0.39, 0.29) is 4.21 Å². The molecule has 0 aliphatic heterocycles. The summed E-state index contributed by atoms with van der Waals surface area (Å²) in [5, 5.41) is 0. The van der Waals surface area contributed by atoms with Crippen LogP contribution in [0.25, 0.3) is 0 Å². The molecule has 1 aromatic heterocycles. The molecule has 0 aromatic carbocycles. The standard InChI is InChI=1S/C4H2BClO2S2/c5-3-1-2-4(9-3)10(6,7)8/h1-2H. The molecular weight excluding hydrogens is 190 g/mol. The zero-order valence-electron chi connectivity index (χ0n) is 4.74. The van der Waals surface area contributed by atoms with E-state index in [0.717, 1.165) is 11.3 Å². The molecule has 0 aliphatic carbocycles. The summed E-state index contributed by atoms with van der Waals surface area (Å²) >= 11 is 0.953. The van der Waals surface area contributed by atoms with E-state index in [1.807, 2.05) is 0 Å². The lowest BCUT2D eigenvalue weighted by molar-refractivity contribution is 0.611. The van der Waals surface area contributed by atoms with Gasteiger partial charge in [0, 0.05) is 10.7 Å². The smallest absolute Gasteiger partial charge is 0.206 e. The molecule has 2 radical (unpaired) electrons. The van der Waals surface area contributed by atoms with Crippen LogP contribution in [-0.4, -0.2) is 16.3 Å². The van der Waals surface area contributed by atoms with Gasteiger partial charge in [-0.1, -0.05) is 6.07 Å². The second kappa shape index (κ2) is 2.56. The normalized spacial score (nSPS) is 11.7. The van der Waals surface area contributed by atoms with E-state index < -0.39 is 9.05 Å². The summed E-state index contributed by atoms with van der Waals surface area (Å²) in [4.78, 5) is 0. The van der Waals surface area contributed by atoms with Gasteiger partial charge in [-0.2, -0.15) is 0 Å². The van der Waals surface area contributed by atoms with E-state index in [2.05, 4.69) is 0 Å². The van der Waals surface area contributed by atoms with Gasteiger partial charge in [0.1, 0.15) is 12.1 Å². The largest absolute Gasteiger partial charge is 0.270 e. The molecule has 52 valence electrons. The van der Waals surface area contributed by atoms with Crippen LogP contribution >= 0.6 is 22.0 Å². The van der Waals surface area contributed by atoms with Crippen LogP contribution in [0.3, 0.4) is 0 Å². The van der Waals surface area contributed by atoms with Crippen molar-refractivity contribution in [2.75, 3.05) is 0 Å². The first-order valence-corrected chi connectivity index (χ1v) is 5.43. The Morgan fingerprint density at radius 3 is 2.30 bits per heavy atom. The zero-order valence-corrected chi connectivity index (χ0v) is 7.13. The first kappa shape index (κ1) is 8.10. The molecule has 0 saturated carbocycles. The average molecular weight is 192 g/mol. The van der Waals surface area contributed by atoms with Crippen LogP contribution in [0.2, 0.25) is 0 Å². The first-order chi connectivity index (χ1) is 4.50. The number of rotatable bonds is 1. The van der Waals surface area contributed by atoms with Crippen LogP contribution in [-0.2, 0) is 9.05 Å². The zero-order chi connectivity index (χ0) is 7.78. The third-order valence-corrected chi connectivity index (χ3v) is 3.85. The highest BCUT2D eigenvalue weighted by Gasteiger charge is 2.10. The van der Waals surface area contributed by atoms with Crippen molar-refractivity contribution in [3.8, 4) is 0 Å². The van der Waals surface area contributed by atoms with Crippen LogP contribution in [0, 0.1) is 0 Å². The molecule has 0 N–H and O–H groups in total. The SMILES string of the molecule is [B]c1ccc(S(=O)(=O)Cl)s1. The maximum absolute atomic E-state index is 10.6. The Labute approximate surface area is 68.7 Å². The molecule has 0 atom stereocenters. The lowest BCUT2D eigenvalue weighted by Crippen LogP contribution is -1.90. The Balaban J connectivity index is 3.21. The Bertz CT molecular complexity index is 329. The van der Waals surface area contributed by atoms with Crippen molar-refractivity contribution in [2.24, 2.45) is 0 Å². The quantitative estimate of drug-likeness (QED) is 0.479. The lowest BCUT2D eigenvalue weighted by atomic mass is 10.1. The topological polar surface area (TPSA) is 34.1 Å². The molecule has 0 saturated heterocycles. The van der Waals surface area contributed by atoms with E-state index in [1.165, 1.54) is 12.1 Å². The van der Waals surface area contributed by atoms with Crippen LogP contribution < -0.4 is 4.78 Å². The molecule has 0 amide bonds. The molecular formula is C4H2BClO2S2. The Morgan fingerprint density at radius 1 is 1.50 bits per heavy atom. The number of halogens is 1. The highest BCUT2D eigenvalue weighted by atomic mass is 35.7. The molecule has 0 aliphatic rings. The van der Waals surface area contributed by atoms with E-state index in [0.29, 0.717) is 4.78 Å². The van der Waals surface area contributed by atoms with E-state index in [4.69, 9.17) is 18.5 Å². The number of hydrogen-bond donors (Lipinski definition) is 0. The van der Waals surface area contributed by atoms with Crippen molar-refractivity contribution in [1.29, 1.82) is 0 Å². The Kier molecular flexibility index (Phi) is 2.08. The molecule has 1 rings (SSSR count). The summed E-state index contributed by atoms with van der Waals surface area (Å²) in [6.45, 7) is 0. The third-order valence-electron chi connectivity index (χ3n) is 0.842. The maximum Gasteiger partial charge on any atom is 0.270 e. The van der Waals surface area contributed by atoms with Crippen molar-refractivity contribution < 1.29 is 8.42 Å². The minimum Gasteiger partial charge on any atom is -0.206 e. The van der Waals surface area contributed by atoms with Gasteiger partial charge in [0.15, 0.2) is 0 Å². The third kappa shape index (κ3) is 1.74. The second-order valence-electron chi connectivity index (χ2n) is 1.59. The van der Waals surface area contributed by atoms with Gasteiger partial charge in [0.05, 0.1) is 0 Å². The fourth-order valence-electron chi connectivity index (χ4n) is 0.465. The Morgan fingerprint density at radius 2 is 2.10 bits per heavy atom. The van der Waals surface area contributed by atoms with Gasteiger partial charge in [-0.3, -0.25) is 0 Å². The van der Waals surface area contributed by atoms with Crippen LogP contribution in [0.4, 0.5) is 0 Å². The number of hydrogen-bond acceptors (Lipinski definition) is 3. The van der Waals surface area contributed by atoms with Gasteiger partial charge in [0.2, 0.25) is 0 Å². The van der Waals surface area contributed by atoms with Gasteiger partial charge < -0.3 is 0 Å². The summed E-state index contributed by atoms with van der Waals surface area (Å²) in [7, 11) is 6.70. The molecule has 1 aromatic rings. The van der Waals surface area contributed by atoms with E-state index >= 15 is 0 Å². The number of thiophene rings is 1. The second-order valence-corrected chi connectivity index (χ2v) is 5.50. The highest BCUT2D eigenvalue weighted by Crippen LogP contribution is 2.17. The molecule has 0 bridgehead atoms. The van der Waals surface area contributed by atoms with Crippen molar-refractivity contribution in [3.05, 3.63) is 12.1 Å². The van der Waals surface area contributed by atoms with E-state index in [1.54, 1.807) is 0 Å². The van der Waals surface area contributed by atoms with Gasteiger partial charge in [-0.15, -0.1) is 11.3 Å². The molecule has 6 heteroatoms. The average Bonchev–Trinajstić information content (AvgIpc) is 2.11. The minimum atomic E-state index is -3.57. The molecule has 0 unspecified atom stereocenters. The summed E-state index contributed by atoms with van der Waals surface area (Å²) in [5.74, 6) is 0. The predicted octanol–water partition coefficient (Wildman–Crippen LogP) is 0.469. The molecule has 1 heterocycles. The summed E-state index contributed by atoms with van der Waals surface area (Å²) < 4.78 is 21.7. The summed E-state index contributed by atoms with van der Waals surface area (Å²) in [5.41, 5.74) is 0. The summed E-state index contributed by atoms with van der Waals surface area (Å²) in [6, 6.07) is 2.88. The van der Waals surface area contributed by atoms with Crippen LogP contribution in [0.15, 0.2) is 16.3 Å². The van der Waals surface area contributed by atoms with Crippen LogP contribution in [0.5, 0.6) is 0 Å². The predicted molar refractivity (Wildman–Crippen MR) is 42.7 cm³/mol. The molecule has 10 heavy (non-hydrogen) atoms. The van der Waals surface area contributed by atoms with Crippen molar-refractivity contribution in [3.63, 3.8) is 0 Å². The minimum absolute atomic E-state index is 0.0895. The molecule has 2 nitrogen and oxygen atoms in total. The van der Waals surface area contributed by atoms with Gasteiger partial charge in [0.25, 0.3) is 9.05 Å². The monoisotopic (exact) mass is 192 g/mol. The van der Waals surface area contributed by atoms with Crippen molar-refractivity contribution >= 4 is 43.7 Å². The van der Waals surface area contributed by atoms with Crippen LogP contribution in [0.1, 0.15) is 0 Å². The van der Waals surface area contributed by atoms with Gasteiger partial charge in [-0.25, -0.2) is 8.42 Å². The van der Waals surface area contributed by atoms with Crippen molar-refractivity contribution in [1.82, 2.24) is 0 Å². The molecule has 0 fully saturated rings. The highest BCUT2D eigenvalue weighted by molar-refractivity contribution is 8.15. The summed E-state index contributed by atoms with van der Waals surface area (Å²) in [6.07, 6.45) is 0. The van der Waals surface area contributed by atoms with E-state index in [9.17, 15) is 8.42 Å². The molecule has 0 spiro atoms. The lowest BCUT2D eigenvalue weighted by Gasteiger charge is -1.84. The van der Waals surface area contributed by atoms with Crippen molar-refractivity contribution in [2.45, 2.75) is 4.21 Å². The van der Waals surface area contributed by atoms with Gasteiger partial charge >= 0.3 is 0 Å².